The van der Waals surface area contributed by atoms with Crippen LogP contribution in [-0.4, -0.2) is 41.8 Å². The summed E-state index contributed by atoms with van der Waals surface area (Å²) >= 11 is 5.07. The first-order valence-corrected chi connectivity index (χ1v) is 11.7. The van der Waals surface area contributed by atoms with Crippen LogP contribution in [0.2, 0.25) is 0 Å². The lowest BCUT2D eigenvalue weighted by Gasteiger charge is -2.44. The normalized spacial score (nSPS) is 21.7. The molecule has 1 aliphatic carbocycles. The van der Waals surface area contributed by atoms with Crippen molar-refractivity contribution >= 4 is 33.4 Å². The summed E-state index contributed by atoms with van der Waals surface area (Å²) in [6, 6.07) is 16.6. The second-order valence-electron chi connectivity index (χ2n) is 7.90. The topological polar surface area (TPSA) is 51.7 Å². The molecule has 3 heterocycles. The zero-order chi connectivity index (χ0) is 20.2. The molecule has 1 amide bonds. The van der Waals surface area contributed by atoms with Crippen molar-refractivity contribution in [1.29, 1.82) is 0 Å². The van der Waals surface area contributed by atoms with Crippen LogP contribution in [0.3, 0.4) is 0 Å². The fraction of sp³-hybridized carbons (Fsp3) is 0.304. The van der Waals surface area contributed by atoms with Crippen LogP contribution in [-0.2, 0) is 15.9 Å². The molecule has 2 aliphatic heterocycles. The highest BCUT2D eigenvalue weighted by atomic mass is 79.9. The van der Waals surface area contributed by atoms with E-state index in [1.807, 2.05) is 4.90 Å². The van der Waals surface area contributed by atoms with Gasteiger partial charge in [0.1, 0.15) is 6.61 Å². The lowest BCUT2D eigenvalue weighted by molar-refractivity contribution is -0.0516. The fourth-order valence-electron chi connectivity index (χ4n) is 5.00. The molecule has 3 aromatic rings. The van der Waals surface area contributed by atoms with Crippen LogP contribution < -0.4 is 0 Å². The minimum absolute atomic E-state index is 0.0269. The highest BCUT2D eigenvalue weighted by Gasteiger charge is 2.44. The number of fused-ring (bicyclic) bond motifs is 7. The number of hydrogen-bond acceptors (Lipinski definition) is 5. The number of thiazole rings is 1. The minimum atomic E-state index is -0.259. The highest BCUT2D eigenvalue weighted by molar-refractivity contribution is 9.11. The van der Waals surface area contributed by atoms with Gasteiger partial charge in [0.2, 0.25) is 0 Å². The van der Waals surface area contributed by atoms with E-state index in [9.17, 15) is 4.79 Å². The number of aromatic nitrogens is 1. The first kappa shape index (κ1) is 18.5. The molecule has 152 valence electrons. The van der Waals surface area contributed by atoms with Gasteiger partial charge in [0, 0.05) is 12.3 Å². The number of carbonyl (C=O) groups excluding carboxylic acids is 1. The number of rotatable bonds is 2. The Morgan fingerprint density at radius 3 is 2.57 bits per heavy atom. The number of morpholine rings is 1. The zero-order valence-electron chi connectivity index (χ0n) is 16.1. The van der Waals surface area contributed by atoms with Crippen molar-refractivity contribution in [2.45, 2.75) is 24.4 Å². The van der Waals surface area contributed by atoms with Gasteiger partial charge >= 0.3 is 6.09 Å². The maximum Gasteiger partial charge on any atom is 0.410 e. The summed E-state index contributed by atoms with van der Waals surface area (Å²) in [5.41, 5.74) is 5.99. The van der Waals surface area contributed by atoms with E-state index in [0.717, 1.165) is 14.5 Å². The van der Waals surface area contributed by atoms with E-state index in [4.69, 9.17) is 9.47 Å². The molecule has 2 atom stereocenters. The summed E-state index contributed by atoms with van der Waals surface area (Å²) in [5, 5.41) is 0. The van der Waals surface area contributed by atoms with E-state index in [1.165, 1.54) is 22.3 Å². The van der Waals surface area contributed by atoms with Crippen molar-refractivity contribution in [2.24, 2.45) is 0 Å². The molecule has 0 spiro atoms. The molecule has 6 rings (SSSR count). The van der Waals surface area contributed by atoms with Gasteiger partial charge in [-0.15, -0.1) is 11.3 Å². The molecule has 30 heavy (non-hydrogen) atoms. The summed E-state index contributed by atoms with van der Waals surface area (Å²) in [6.07, 6.45) is 0.448. The third kappa shape index (κ3) is 2.83. The number of nitrogens with zero attached hydrogens (tertiary/aromatic N) is 2. The van der Waals surface area contributed by atoms with Gasteiger partial charge in [-0.1, -0.05) is 48.5 Å². The number of amides is 1. The number of ether oxygens (including phenoxy) is 2. The van der Waals surface area contributed by atoms with E-state index >= 15 is 0 Å². The SMILES string of the molecule is O=C(OCC1c2ccccc2-c2ccccc21)N1C2COCC1c1sc(Br)nc1C2. The lowest BCUT2D eigenvalue weighted by atomic mass is 9.97. The van der Waals surface area contributed by atoms with Crippen molar-refractivity contribution in [3.05, 3.63) is 74.1 Å². The molecule has 3 aliphatic rings. The maximum atomic E-state index is 13.2. The Morgan fingerprint density at radius 1 is 1.13 bits per heavy atom. The summed E-state index contributed by atoms with van der Waals surface area (Å²) < 4.78 is 12.6. The van der Waals surface area contributed by atoms with E-state index in [-0.39, 0.29) is 24.1 Å². The van der Waals surface area contributed by atoms with Crippen LogP contribution in [0.25, 0.3) is 11.1 Å². The molecular weight excluding hydrogens is 464 g/mol. The predicted molar refractivity (Wildman–Crippen MR) is 118 cm³/mol. The van der Waals surface area contributed by atoms with E-state index in [1.54, 1.807) is 11.3 Å². The van der Waals surface area contributed by atoms with Gasteiger partial charge in [0.15, 0.2) is 3.92 Å². The summed E-state index contributed by atoms with van der Waals surface area (Å²) in [4.78, 5) is 20.8. The molecule has 0 saturated carbocycles. The average molecular weight is 483 g/mol. The summed E-state index contributed by atoms with van der Waals surface area (Å²) in [6.45, 7) is 1.35. The van der Waals surface area contributed by atoms with Crippen LogP contribution in [0.4, 0.5) is 4.79 Å². The monoisotopic (exact) mass is 482 g/mol. The third-order valence-corrected chi connectivity index (χ3v) is 7.95. The first-order chi connectivity index (χ1) is 14.7. The molecule has 1 saturated heterocycles. The molecular formula is C23H19BrN2O3S. The number of carbonyl (C=O) groups is 1. The van der Waals surface area contributed by atoms with Gasteiger partial charge in [-0.3, -0.25) is 4.90 Å². The number of halogens is 1. The fourth-order valence-corrected chi connectivity index (χ4v) is 6.64. The Morgan fingerprint density at radius 2 is 1.83 bits per heavy atom. The van der Waals surface area contributed by atoms with E-state index in [0.29, 0.717) is 26.2 Å². The minimum Gasteiger partial charge on any atom is -0.448 e. The van der Waals surface area contributed by atoms with E-state index < -0.39 is 0 Å². The summed E-state index contributed by atoms with van der Waals surface area (Å²) in [7, 11) is 0. The molecule has 7 heteroatoms. The Bertz CT molecular complexity index is 1100. The molecule has 2 bridgehead atoms. The largest absolute Gasteiger partial charge is 0.448 e. The van der Waals surface area contributed by atoms with Crippen molar-refractivity contribution in [2.75, 3.05) is 19.8 Å². The first-order valence-electron chi connectivity index (χ1n) is 10.1. The number of hydrogen-bond donors (Lipinski definition) is 0. The third-order valence-electron chi connectivity index (χ3n) is 6.30. The summed E-state index contributed by atoms with van der Waals surface area (Å²) in [5.74, 6) is 0.0651. The zero-order valence-corrected chi connectivity index (χ0v) is 18.5. The van der Waals surface area contributed by atoms with Crippen molar-refractivity contribution in [3.8, 4) is 11.1 Å². The standard InChI is InChI=1S/C23H19BrN2O3S/c24-22-25-19-9-13-10-28-12-20(21(19)30-22)26(13)23(27)29-11-18-16-7-3-1-5-14(16)15-6-2-4-8-17(15)18/h1-8,13,18,20H,9-12H2. The molecule has 5 nitrogen and oxygen atoms in total. The van der Waals surface area contributed by atoms with Crippen LogP contribution in [0, 0.1) is 0 Å². The van der Waals surface area contributed by atoms with Crippen molar-refractivity contribution < 1.29 is 14.3 Å². The Hall–Kier alpha value is -2.22. The van der Waals surface area contributed by atoms with Crippen LogP contribution >= 0.6 is 27.3 Å². The van der Waals surface area contributed by atoms with Gasteiger partial charge in [0.25, 0.3) is 0 Å². The Labute approximate surface area is 186 Å². The van der Waals surface area contributed by atoms with Gasteiger partial charge in [-0.2, -0.15) is 0 Å². The predicted octanol–water partition coefficient (Wildman–Crippen LogP) is 5.15. The molecule has 1 fully saturated rings. The van der Waals surface area contributed by atoms with E-state index in [2.05, 4.69) is 69.4 Å². The highest BCUT2D eigenvalue weighted by Crippen LogP contribution is 2.45. The second-order valence-corrected chi connectivity index (χ2v) is 10.2. The number of benzene rings is 2. The van der Waals surface area contributed by atoms with Crippen molar-refractivity contribution in [1.82, 2.24) is 9.88 Å². The van der Waals surface area contributed by atoms with Crippen LogP contribution in [0.1, 0.15) is 33.7 Å². The molecule has 0 N–H and O–H groups in total. The quantitative estimate of drug-likeness (QED) is 0.506. The van der Waals surface area contributed by atoms with Gasteiger partial charge < -0.3 is 9.47 Å². The Balaban J connectivity index is 1.26. The second kappa shape index (κ2) is 7.18. The van der Waals surface area contributed by atoms with Gasteiger partial charge in [-0.25, -0.2) is 9.78 Å². The smallest absolute Gasteiger partial charge is 0.410 e. The molecule has 2 unspecified atom stereocenters. The molecule has 2 aromatic carbocycles. The van der Waals surface area contributed by atoms with Gasteiger partial charge in [-0.05, 0) is 38.2 Å². The van der Waals surface area contributed by atoms with Gasteiger partial charge in [0.05, 0.1) is 35.9 Å². The van der Waals surface area contributed by atoms with Crippen LogP contribution in [0.15, 0.2) is 52.4 Å². The molecule has 1 aromatic heterocycles. The van der Waals surface area contributed by atoms with Crippen LogP contribution in [0.5, 0.6) is 0 Å². The molecule has 0 radical (unpaired) electrons. The lowest BCUT2D eigenvalue weighted by Crippen LogP contribution is -2.54. The van der Waals surface area contributed by atoms with Crippen molar-refractivity contribution in [3.63, 3.8) is 0 Å². The Kier molecular flexibility index (Phi) is 4.44. The average Bonchev–Trinajstić information content (AvgIpc) is 3.29. The maximum absolute atomic E-state index is 13.2.